The third-order valence-corrected chi connectivity index (χ3v) is 3.34. The summed E-state index contributed by atoms with van der Waals surface area (Å²) in [5, 5.41) is 13.8. The SMILES string of the molecule is O=C(NNC(=S)Nc1ccc(F)cc1)c1ccc(-n2cnnn2)cc1. The van der Waals surface area contributed by atoms with Gasteiger partial charge < -0.3 is 5.32 Å². The van der Waals surface area contributed by atoms with Gasteiger partial charge in [0.15, 0.2) is 5.11 Å². The maximum atomic E-state index is 12.8. The molecule has 3 aromatic rings. The van der Waals surface area contributed by atoms with Gasteiger partial charge in [0.25, 0.3) is 5.91 Å². The number of hydrogen-bond acceptors (Lipinski definition) is 5. The Morgan fingerprint density at radius 1 is 1.04 bits per heavy atom. The quantitative estimate of drug-likeness (QED) is 0.482. The van der Waals surface area contributed by atoms with Crippen molar-refractivity contribution in [2.45, 2.75) is 0 Å². The molecule has 0 aliphatic carbocycles. The molecular formula is C15H12FN7OS. The minimum Gasteiger partial charge on any atom is -0.331 e. The summed E-state index contributed by atoms with van der Waals surface area (Å²) in [6.45, 7) is 0. The largest absolute Gasteiger partial charge is 0.331 e. The number of benzene rings is 2. The predicted octanol–water partition coefficient (Wildman–Crippen LogP) is 1.43. The van der Waals surface area contributed by atoms with Crippen LogP contribution in [0.15, 0.2) is 54.9 Å². The van der Waals surface area contributed by atoms with Gasteiger partial charge in [0.1, 0.15) is 12.1 Å². The Hall–Kier alpha value is -3.40. The van der Waals surface area contributed by atoms with Gasteiger partial charge in [-0.1, -0.05) is 0 Å². The first-order valence-corrected chi connectivity index (χ1v) is 7.49. The van der Waals surface area contributed by atoms with E-state index in [1.807, 2.05) is 0 Å². The summed E-state index contributed by atoms with van der Waals surface area (Å²) in [6.07, 6.45) is 1.45. The van der Waals surface area contributed by atoms with E-state index in [9.17, 15) is 9.18 Å². The number of nitrogens with one attached hydrogen (secondary N) is 3. The molecule has 0 saturated heterocycles. The Morgan fingerprint density at radius 3 is 2.40 bits per heavy atom. The van der Waals surface area contributed by atoms with Crippen molar-refractivity contribution in [3.8, 4) is 5.69 Å². The number of carbonyl (C=O) groups is 1. The molecule has 3 rings (SSSR count). The minimum absolute atomic E-state index is 0.172. The number of halogens is 1. The van der Waals surface area contributed by atoms with Gasteiger partial charge in [-0.3, -0.25) is 15.6 Å². The molecule has 0 spiro atoms. The van der Waals surface area contributed by atoms with Crippen molar-refractivity contribution in [3.63, 3.8) is 0 Å². The molecule has 126 valence electrons. The van der Waals surface area contributed by atoms with Gasteiger partial charge >= 0.3 is 0 Å². The van der Waals surface area contributed by atoms with Crippen molar-refractivity contribution >= 4 is 28.9 Å². The van der Waals surface area contributed by atoms with Crippen LogP contribution in [0.5, 0.6) is 0 Å². The maximum absolute atomic E-state index is 12.8. The van der Waals surface area contributed by atoms with Gasteiger partial charge in [0.2, 0.25) is 0 Å². The van der Waals surface area contributed by atoms with E-state index in [4.69, 9.17) is 12.2 Å². The third-order valence-electron chi connectivity index (χ3n) is 3.13. The monoisotopic (exact) mass is 357 g/mol. The van der Waals surface area contributed by atoms with Crippen LogP contribution in [0.1, 0.15) is 10.4 Å². The number of anilines is 1. The van der Waals surface area contributed by atoms with Crippen molar-refractivity contribution in [1.29, 1.82) is 0 Å². The van der Waals surface area contributed by atoms with Crippen molar-refractivity contribution < 1.29 is 9.18 Å². The number of aromatic nitrogens is 4. The lowest BCUT2D eigenvalue weighted by molar-refractivity contribution is 0.0944. The van der Waals surface area contributed by atoms with Crippen LogP contribution in [0.25, 0.3) is 5.69 Å². The highest BCUT2D eigenvalue weighted by Crippen LogP contribution is 2.08. The lowest BCUT2D eigenvalue weighted by atomic mass is 10.2. The van der Waals surface area contributed by atoms with Crippen molar-refractivity contribution in [2.75, 3.05) is 5.32 Å². The molecule has 0 unspecified atom stereocenters. The first-order valence-electron chi connectivity index (χ1n) is 7.08. The predicted molar refractivity (Wildman–Crippen MR) is 92.4 cm³/mol. The summed E-state index contributed by atoms with van der Waals surface area (Å²) in [5.41, 5.74) is 6.79. The summed E-state index contributed by atoms with van der Waals surface area (Å²) in [4.78, 5) is 12.1. The maximum Gasteiger partial charge on any atom is 0.269 e. The van der Waals surface area contributed by atoms with Crippen molar-refractivity contribution in [3.05, 3.63) is 66.2 Å². The number of hydrogen-bond donors (Lipinski definition) is 3. The summed E-state index contributed by atoms with van der Waals surface area (Å²) in [7, 11) is 0. The summed E-state index contributed by atoms with van der Waals surface area (Å²) in [5.74, 6) is -0.714. The number of rotatable bonds is 3. The van der Waals surface area contributed by atoms with Crippen LogP contribution in [-0.4, -0.2) is 31.2 Å². The molecule has 10 heteroatoms. The fourth-order valence-electron chi connectivity index (χ4n) is 1.93. The number of nitrogens with zero attached hydrogens (tertiary/aromatic N) is 4. The summed E-state index contributed by atoms with van der Waals surface area (Å²) >= 11 is 5.06. The van der Waals surface area contributed by atoms with E-state index in [0.29, 0.717) is 11.3 Å². The second-order valence-corrected chi connectivity index (χ2v) is 5.25. The van der Waals surface area contributed by atoms with E-state index in [1.165, 1.54) is 35.3 Å². The Balaban J connectivity index is 1.53. The normalized spacial score (nSPS) is 10.1. The molecule has 0 aliphatic rings. The lowest BCUT2D eigenvalue weighted by Crippen LogP contribution is -2.43. The second kappa shape index (κ2) is 7.45. The number of thiocarbonyl (C=S) groups is 1. The molecule has 0 saturated carbocycles. The van der Waals surface area contributed by atoms with Gasteiger partial charge in [-0.25, -0.2) is 9.07 Å². The molecule has 25 heavy (non-hydrogen) atoms. The van der Waals surface area contributed by atoms with E-state index in [2.05, 4.69) is 31.7 Å². The van der Waals surface area contributed by atoms with E-state index in [1.54, 1.807) is 24.3 Å². The molecule has 1 heterocycles. The molecule has 0 atom stereocenters. The highest BCUT2D eigenvalue weighted by molar-refractivity contribution is 7.80. The van der Waals surface area contributed by atoms with Crippen LogP contribution < -0.4 is 16.2 Å². The number of carbonyl (C=O) groups excluding carboxylic acids is 1. The molecule has 0 radical (unpaired) electrons. The molecule has 2 aromatic carbocycles. The number of amides is 1. The highest BCUT2D eigenvalue weighted by atomic mass is 32.1. The molecule has 8 nitrogen and oxygen atoms in total. The fourth-order valence-corrected chi connectivity index (χ4v) is 2.10. The Bertz CT molecular complexity index is 866. The van der Waals surface area contributed by atoms with Crippen LogP contribution in [0, 0.1) is 5.82 Å². The smallest absolute Gasteiger partial charge is 0.269 e. The summed E-state index contributed by atoms with van der Waals surface area (Å²) in [6, 6.07) is 12.3. The molecule has 3 N–H and O–H groups in total. The Kier molecular flexibility index (Phi) is 4.90. The van der Waals surface area contributed by atoms with Gasteiger partial charge in [-0.05, 0) is 71.2 Å². The lowest BCUT2D eigenvalue weighted by Gasteiger charge is -2.11. The average Bonchev–Trinajstić information content (AvgIpc) is 3.16. The molecule has 0 fully saturated rings. The third kappa shape index (κ3) is 4.32. The number of hydrazine groups is 1. The molecule has 0 bridgehead atoms. The van der Waals surface area contributed by atoms with Crippen molar-refractivity contribution in [1.82, 2.24) is 31.1 Å². The van der Waals surface area contributed by atoms with Crippen LogP contribution in [0.4, 0.5) is 10.1 Å². The van der Waals surface area contributed by atoms with Crippen LogP contribution in [0.3, 0.4) is 0 Å². The zero-order chi connectivity index (χ0) is 17.6. The fraction of sp³-hybridized carbons (Fsp3) is 0. The number of tetrazole rings is 1. The first-order chi connectivity index (χ1) is 12.1. The topological polar surface area (TPSA) is 96.8 Å². The Morgan fingerprint density at radius 2 is 1.76 bits per heavy atom. The van der Waals surface area contributed by atoms with Crippen molar-refractivity contribution in [2.24, 2.45) is 0 Å². The second-order valence-electron chi connectivity index (χ2n) is 4.84. The molecule has 0 aliphatic heterocycles. The van der Waals surface area contributed by atoms with E-state index >= 15 is 0 Å². The molecular weight excluding hydrogens is 345 g/mol. The van der Waals surface area contributed by atoms with E-state index in [-0.39, 0.29) is 16.8 Å². The van der Waals surface area contributed by atoms with Gasteiger partial charge in [-0.15, -0.1) is 5.10 Å². The van der Waals surface area contributed by atoms with Crippen LogP contribution in [0.2, 0.25) is 0 Å². The summed E-state index contributed by atoms with van der Waals surface area (Å²) < 4.78 is 14.3. The van der Waals surface area contributed by atoms with Crippen LogP contribution >= 0.6 is 12.2 Å². The van der Waals surface area contributed by atoms with Crippen LogP contribution in [-0.2, 0) is 0 Å². The van der Waals surface area contributed by atoms with Gasteiger partial charge in [0, 0.05) is 11.3 Å². The van der Waals surface area contributed by atoms with E-state index < -0.39 is 0 Å². The van der Waals surface area contributed by atoms with Gasteiger partial charge in [-0.2, -0.15) is 0 Å². The zero-order valence-electron chi connectivity index (χ0n) is 12.7. The highest BCUT2D eigenvalue weighted by Gasteiger charge is 2.07. The zero-order valence-corrected chi connectivity index (χ0v) is 13.5. The van der Waals surface area contributed by atoms with Gasteiger partial charge in [0.05, 0.1) is 5.69 Å². The average molecular weight is 357 g/mol. The molecule has 1 aromatic heterocycles. The minimum atomic E-state index is -0.369. The first kappa shape index (κ1) is 16.5. The molecule has 1 amide bonds. The van der Waals surface area contributed by atoms with E-state index in [0.717, 1.165) is 5.69 Å². The Labute approximate surface area is 147 Å². The standard InChI is InChI=1S/C15H12FN7OS/c16-11-3-5-12(6-4-11)18-15(25)20-19-14(24)10-1-7-13(8-2-10)23-9-17-21-22-23/h1-9H,(H,19,24)(H2,18,20,25).